The van der Waals surface area contributed by atoms with Crippen LogP contribution in [0.5, 0.6) is 0 Å². The first kappa shape index (κ1) is 22.2. The molecule has 2 aromatic carbocycles. The average molecular weight is 461 g/mol. The Morgan fingerprint density at radius 3 is 2.84 bits per heavy atom. The van der Waals surface area contributed by atoms with E-state index in [9.17, 15) is 14.0 Å². The highest BCUT2D eigenvalue weighted by atomic mass is 35.5. The molecular formula is C24H26ClFN2O2S. The molecule has 1 fully saturated rings. The summed E-state index contributed by atoms with van der Waals surface area (Å²) in [6.07, 6.45) is 3.29. The number of halogens is 2. The monoisotopic (exact) mass is 460 g/mol. The second-order valence-corrected chi connectivity index (χ2v) is 9.92. The molecule has 1 N–H and O–H groups in total. The maximum absolute atomic E-state index is 14.4. The first-order valence-electron chi connectivity index (χ1n) is 10.7. The van der Waals surface area contributed by atoms with Crippen molar-refractivity contribution in [1.82, 2.24) is 5.32 Å². The highest BCUT2D eigenvalue weighted by Crippen LogP contribution is 2.38. The third-order valence-electron chi connectivity index (χ3n) is 6.57. The summed E-state index contributed by atoms with van der Waals surface area (Å²) < 4.78 is 14.4. The summed E-state index contributed by atoms with van der Waals surface area (Å²) in [6, 6.07) is 10.0. The fourth-order valence-corrected chi connectivity index (χ4v) is 5.53. The standard InChI is InChI=1S/C24H26ClFN2O2S/c1-14-5-3-8-20(15(14)2)27-24(30)16-9-10-22-21(11-16)28(23(29)13-31-22)12-17-18(25)6-4-7-19(17)26/h4,6-7,9-11,14-15,20H,3,5,8,12-13H2,1-2H3,(H,27,30)/t14-,15+,20-/m1/s1. The van der Waals surface area contributed by atoms with Crippen molar-refractivity contribution in [3.8, 4) is 0 Å². The smallest absolute Gasteiger partial charge is 0.251 e. The van der Waals surface area contributed by atoms with Crippen molar-refractivity contribution in [3.05, 3.63) is 58.4 Å². The number of rotatable bonds is 4. The molecule has 2 amide bonds. The van der Waals surface area contributed by atoms with Crippen molar-refractivity contribution in [1.29, 1.82) is 0 Å². The lowest BCUT2D eigenvalue weighted by atomic mass is 9.78. The van der Waals surface area contributed by atoms with Crippen LogP contribution < -0.4 is 10.2 Å². The van der Waals surface area contributed by atoms with Gasteiger partial charge in [0, 0.05) is 27.1 Å². The van der Waals surface area contributed by atoms with E-state index in [2.05, 4.69) is 19.2 Å². The number of nitrogens with one attached hydrogen (secondary N) is 1. The summed E-state index contributed by atoms with van der Waals surface area (Å²) in [5.41, 5.74) is 1.40. The third-order valence-corrected chi connectivity index (χ3v) is 7.97. The summed E-state index contributed by atoms with van der Waals surface area (Å²) >= 11 is 7.62. The molecule has 1 aliphatic heterocycles. The topological polar surface area (TPSA) is 49.4 Å². The van der Waals surface area contributed by atoms with E-state index in [1.165, 1.54) is 29.1 Å². The van der Waals surface area contributed by atoms with Gasteiger partial charge in [0.2, 0.25) is 5.91 Å². The van der Waals surface area contributed by atoms with Gasteiger partial charge in [-0.25, -0.2) is 4.39 Å². The summed E-state index contributed by atoms with van der Waals surface area (Å²) in [6.45, 7) is 4.45. The molecule has 1 heterocycles. The number of hydrogen-bond acceptors (Lipinski definition) is 3. The minimum Gasteiger partial charge on any atom is -0.349 e. The molecule has 0 aromatic heterocycles. The number of carbonyl (C=O) groups excluding carboxylic acids is 2. The fourth-order valence-electron chi connectivity index (χ4n) is 4.40. The molecule has 4 rings (SSSR count). The molecule has 0 bridgehead atoms. The van der Waals surface area contributed by atoms with Crippen LogP contribution in [0.2, 0.25) is 5.02 Å². The molecule has 0 radical (unpaired) electrons. The Morgan fingerprint density at radius 1 is 1.26 bits per heavy atom. The van der Waals surface area contributed by atoms with Gasteiger partial charge in [-0.1, -0.05) is 44.4 Å². The molecule has 3 atom stereocenters. The highest BCUT2D eigenvalue weighted by molar-refractivity contribution is 8.00. The zero-order valence-electron chi connectivity index (χ0n) is 17.7. The molecule has 0 unspecified atom stereocenters. The van der Waals surface area contributed by atoms with Gasteiger partial charge in [-0.15, -0.1) is 11.8 Å². The molecule has 164 valence electrons. The van der Waals surface area contributed by atoms with Crippen LogP contribution in [-0.2, 0) is 11.3 Å². The molecule has 0 saturated heterocycles. The summed E-state index contributed by atoms with van der Waals surface area (Å²) in [7, 11) is 0. The van der Waals surface area contributed by atoms with Gasteiger partial charge in [0.25, 0.3) is 5.91 Å². The van der Waals surface area contributed by atoms with Crippen LogP contribution in [0, 0.1) is 17.7 Å². The van der Waals surface area contributed by atoms with Crippen LogP contribution in [0.1, 0.15) is 49.0 Å². The molecule has 2 aromatic rings. The lowest BCUT2D eigenvalue weighted by molar-refractivity contribution is -0.116. The number of fused-ring (bicyclic) bond motifs is 1. The van der Waals surface area contributed by atoms with Crippen molar-refractivity contribution in [2.24, 2.45) is 11.8 Å². The van der Waals surface area contributed by atoms with E-state index in [4.69, 9.17) is 11.6 Å². The Balaban J connectivity index is 1.60. The Morgan fingerprint density at radius 2 is 2.06 bits per heavy atom. The molecule has 4 nitrogen and oxygen atoms in total. The molecule has 2 aliphatic rings. The lowest BCUT2D eigenvalue weighted by Gasteiger charge is -2.34. The molecule has 7 heteroatoms. The predicted molar refractivity (Wildman–Crippen MR) is 123 cm³/mol. The molecule has 0 spiro atoms. The van der Waals surface area contributed by atoms with E-state index in [-0.39, 0.29) is 40.7 Å². The third kappa shape index (κ3) is 4.60. The maximum Gasteiger partial charge on any atom is 0.251 e. The molecule has 1 saturated carbocycles. The van der Waals surface area contributed by atoms with Gasteiger partial charge >= 0.3 is 0 Å². The minimum absolute atomic E-state index is 0.0279. The average Bonchev–Trinajstić information content (AvgIpc) is 2.75. The van der Waals surface area contributed by atoms with Crippen LogP contribution in [0.15, 0.2) is 41.3 Å². The van der Waals surface area contributed by atoms with Crippen LogP contribution in [-0.4, -0.2) is 23.6 Å². The lowest BCUT2D eigenvalue weighted by Crippen LogP contribution is -2.43. The van der Waals surface area contributed by atoms with Gasteiger partial charge in [-0.3, -0.25) is 9.59 Å². The zero-order valence-corrected chi connectivity index (χ0v) is 19.2. The first-order chi connectivity index (χ1) is 14.8. The number of nitrogens with zero attached hydrogens (tertiary/aromatic N) is 1. The van der Waals surface area contributed by atoms with E-state index in [0.29, 0.717) is 23.1 Å². The Kier molecular flexibility index (Phi) is 6.58. The Labute approximate surface area is 191 Å². The fraction of sp³-hybridized carbons (Fsp3) is 0.417. The maximum atomic E-state index is 14.4. The van der Waals surface area contributed by atoms with Crippen LogP contribution in [0.3, 0.4) is 0 Å². The van der Waals surface area contributed by atoms with Gasteiger partial charge in [0.15, 0.2) is 0 Å². The second kappa shape index (κ2) is 9.21. The van der Waals surface area contributed by atoms with Gasteiger partial charge < -0.3 is 10.2 Å². The largest absolute Gasteiger partial charge is 0.349 e. The van der Waals surface area contributed by atoms with Crippen LogP contribution >= 0.6 is 23.4 Å². The van der Waals surface area contributed by atoms with Crippen molar-refractivity contribution in [2.75, 3.05) is 10.7 Å². The Bertz CT molecular complexity index is 995. The number of benzene rings is 2. The predicted octanol–water partition coefficient (Wildman–Crippen LogP) is 5.67. The summed E-state index contributed by atoms with van der Waals surface area (Å²) in [5, 5.41) is 3.47. The minimum atomic E-state index is -0.450. The quantitative estimate of drug-likeness (QED) is 0.639. The normalized spacial score (nSPS) is 23.4. The van der Waals surface area contributed by atoms with Crippen molar-refractivity contribution >= 4 is 40.9 Å². The van der Waals surface area contributed by atoms with E-state index in [1.54, 1.807) is 24.3 Å². The highest BCUT2D eigenvalue weighted by Gasteiger charge is 2.30. The summed E-state index contributed by atoms with van der Waals surface area (Å²) in [5.74, 6) is 0.547. The van der Waals surface area contributed by atoms with Crippen LogP contribution in [0.4, 0.5) is 10.1 Å². The van der Waals surface area contributed by atoms with Crippen molar-refractivity contribution < 1.29 is 14.0 Å². The van der Waals surface area contributed by atoms with Gasteiger partial charge in [-0.05, 0) is 48.6 Å². The van der Waals surface area contributed by atoms with E-state index in [1.807, 2.05) is 6.07 Å². The number of hydrogen-bond donors (Lipinski definition) is 1. The van der Waals surface area contributed by atoms with Crippen molar-refractivity contribution in [3.63, 3.8) is 0 Å². The van der Waals surface area contributed by atoms with Gasteiger partial charge in [0.1, 0.15) is 5.82 Å². The van der Waals surface area contributed by atoms with Gasteiger partial charge in [0.05, 0.1) is 18.0 Å². The first-order valence-corrected chi connectivity index (χ1v) is 12.0. The Hall–Kier alpha value is -2.05. The molecule has 31 heavy (non-hydrogen) atoms. The van der Waals surface area contributed by atoms with Crippen LogP contribution in [0.25, 0.3) is 0 Å². The van der Waals surface area contributed by atoms with Gasteiger partial charge in [-0.2, -0.15) is 0 Å². The van der Waals surface area contributed by atoms with E-state index >= 15 is 0 Å². The number of anilines is 1. The van der Waals surface area contributed by atoms with Crippen molar-refractivity contribution in [2.45, 2.75) is 50.6 Å². The molecular weight excluding hydrogens is 435 g/mol. The number of thioether (sulfide) groups is 1. The van der Waals surface area contributed by atoms with E-state index in [0.717, 1.165) is 17.7 Å². The summed E-state index contributed by atoms with van der Waals surface area (Å²) in [4.78, 5) is 28.1. The SMILES string of the molecule is C[C@H]1[C@H](C)CCC[C@H]1NC(=O)c1ccc2c(c1)N(Cc1c(F)cccc1Cl)C(=O)CS2. The second-order valence-electron chi connectivity index (χ2n) is 8.50. The number of carbonyl (C=O) groups is 2. The van der Waals surface area contributed by atoms with E-state index < -0.39 is 5.82 Å². The number of amides is 2. The zero-order chi connectivity index (χ0) is 22.1. The molecule has 1 aliphatic carbocycles.